The van der Waals surface area contributed by atoms with Gasteiger partial charge in [-0.2, -0.15) is 0 Å². The van der Waals surface area contributed by atoms with Gasteiger partial charge in [-0.15, -0.1) is 0 Å². The Hall–Kier alpha value is -3.00. The molecule has 2 aromatic heterocycles. The third-order valence-corrected chi connectivity index (χ3v) is 8.89. The Morgan fingerprint density at radius 1 is 0.971 bits per heavy atom. The fourth-order valence-corrected chi connectivity index (χ4v) is 6.08. The second kappa shape index (κ2) is 8.29. The summed E-state index contributed by atoms with van der Waals surface area (Å²) >= 11 is 0. The number of ether oxygens (including phenoxy) is 1. The van der Waals surface area contributed by atoms with Gasteiger partial charge in [0.15, 0.2) is 9.84 Å². The molecule has 7 nitrogen and oxygen atoms in total. The molecule has 0 bridgehead atoms. The molecule has 0 amide bonds. The van der Waals surface area contributed by atoms with Crippen molar-refractivity contribution in [1.82, 2.24) is 15.0 Å². The maximum atomic E-state index is 11.8. The summed E-state index contributed by atoms with van der Waals surface area (Å²) in [7, 11) is -3.22. The standard InChI is InChI=1S/C27H30N4O3S/c1-27(22-9-11-31(12-10-22)26-29-15-21(16-30-26)18-3-4-18)14-20-13-24(28-17-25(20)34-27)19-5-7-23(8-6-19)35(2,32)33/h5-8,13,15-18,22H,3-4,9-12,14H2,1-2H3. The van der Waals surface area contributed by atoms with E-state index in [0.717, 1.165) is 60.9 Å². The van der Waals surface area contributed by atoms with Crippen LogP contribution in [-0.2, 0) is 16.3 Å². The molecular weight excluding hydrogens is 460 g/mol. The highest BCUT2D eigenvalue weighted by molar-refractivity contribution is 7.90. The first-order valence-corrected chi connectivity index (χ1v) is 14.2. The fourth-order valence-electron chi connectivity index (χ4n) is 5.45. The van der Waals surface area contributed by atoms with E-state index in [1.807, 2.05) is 30.7 Å². The van der Waals surface area contributed by atoms with Crippen LogP contribution in [0.4, 0.5) is 5.95 Å². The lowest BCUT2D eigenvalue weighted by Gasteiger charge is -2.40. The zero-order valence-corrected chi connectivity index (χ0v) is 21.0. The highest BCUT2D eigenvalue weighted by Crippen LogP contribution is 2.44. The second-order valence-corrected chi connectivity index (χ2v) is 12.4. The van der Waals surface area contributed by atoms with Crippen LogP contribution in [0.1, 0.15) is 49.7 Å². The average Bonchev–Trinajstić information content (AvgIpc) is 3.65. The first-order valence-electron chi connectivity index (χ1n) is 12.3. The summed E-state index contributed by atoms with van der Waals surface area (Å²) < 4.78 is 30.0. The van der Waals surface area contributed by atoms with E-state index in [2.05, 4.69) is 32.8 Å². The lowest BCUT2D eigenvalue weighted by Crippen LogP contribution is -2.46. The van der Waals surface area contributed by atoms with Crippen molar-refractivity contribution in [3.63, 3.8) is 0 Å². The van der Waals surface area contributed by atoms with Gasteiger partial charge in [-0.3, -0.25) is 4.98 Å². The van der Waals surface area contributed by atoms with Crippen molar-refractivity contribution >= 4 is 15.8 Å². The number of benzene rings is 1. The molecule has 0 spiro atoms. The second-order valence-electron chi connectivity index (χ2n) is 10.4. The summed E-state index contributed by atoms with van der Waals surface area (Å²) in [6.45, 7) is 4.08. The van der Waals surface area contributed by atoms with Crippen molar-refractivity contribution in [2.45, 2.75) is 55.4 Å². The lowest BCUT2D eigenvalue weighted by atomic mass is 9.79. The topological polar surface area (TPSA) is 85.3 Å². The predicted molar refractivity (Wildman–Crippen MR) is 134 cm³/mol. The Morgan fingerprint density at radius 3 is 2.29 bits per heavy atom. The molecule has 1 saturated carbocycles. The molecule has 1 aromatic carbocycles. The number of hydrogen-bond acceptors (Lipinski definition) is 7. The van der Waals surface area contributed by atoms with Gasteiger partial charge >= 0.3 is 0 Å². The van der Waals surface area contributed by atoms with Gasteiger partial charge in [-0.25, -0.2) is 18.4 Å². The van der Waals surface area contributed by atoms with Crippen LogP contribution >= 0.6 is 0 Å². The zero-order valence-electron chi connectivity index (χ0n) is 20.1. The smallest absolute Gasteiger partial charge is 0.225 e. The van der Waals surface area contributed by atoms with Crippen LogP contribution in [0.3, 0.4) is 0 Å². The molecule has 1 atom stereocenters. The molecule has 2 fully saturated rings. The molecule has 3 aliphatic rings. The fraction of sp³-hybridized carbons (Fsp3) is 0.444. The van der Waals surface area contributed by atoms with E-state index in [9.17, 15) is 8.42 Å². The van der Waals surface area contributed by atoms with Crippen LogP contribution in [0, 0.1) is 5.92 Å². The quantitative estimate of drug-likeness (QED) is 0.523. The molecule has 182 valence electrons. The Bertz CT molecular complexity index is 1350. The minimum absolute atomic E-state index is 0.258. The SMILES string of the molecule is CC1(C2CCN(c3ncc(C4CC4)cn3)CC2)Cc2cc(-c3ccc(S(C)(=O)=O)cc3)ncc2O1. The first-order chi connectivity index (χ1) is 16.8. The Balaban J connectivity index is 1.12. The molecule has 0 N–H and O–H groups in total. The van der Waals surface area contributed by atoms with E-state index in [-0.39, 0.29) is 5.60 Å². The molecule has 35 heavy (non-hydrogen) atoms. The molecule has 0 radical (unpaired) electrons. The molecule has 4 heterocycles. The van der Waals surface area contributed by atoms with Gasteiger partial charge in [-0.1, -0.05) is 12.1 Å². The van der Waals surface area contributed by atoms with Crippen molar-refractivity contribution in [2.75, 3.05) is 24.2 Å². The van der Waals surface area contributed by atoms with Crippen LogP contribution in [0.2, 0.25) is 0 Å². The summed E-state index contributed by atoms with van der Waals surface area (Å²) in [6.07, 6.45) is 12.5. The monoisotopic (exact) mass is 490 g/mol. The van der Waals surface area contributed by atoms with Crippen molar-refractivity contribution in [3.8, 4) is 17.0 Å². The van der Waals surface area contributed by atoms with Crippen molar-refractivity contribution in [3.05, 3.63) is 60.0 Å². The maximum Gasteiger partial charge on any atom is 0.225 e. The third-order valence-electron chi connectivity index (χ3n) is 7.76. The van der Waals surface area contributed by atoms with Gasteiger partial charge in [0.2, 0.25) is 5.95 Å². The first kappa shape index (κ1) is 22.5. The number of aromatic nitrogens is 3. The summed E-state index contributed by atoms with van der Waals surface area (Å²) in [5.41, 5.74) is 3.90. The molecule has 1 aliphatic carbocycles. The number of hydrogen-bond donors (Lipinski definition) is 0. The van der Waals surface area contributed by atoms with Gasteiger partial charge in [0.1, 0.15) is 11.4 Å². The normalized spacial score (nSPS) is 22.6. The van der Waals surface area contributed by atoms with E-state index in [1.165, 1.54) is 24.7 Å². The zero-order chi connectivity index (χ0) is 24.2. The number of pyridine rings is 1. The van der Waals surface area contributed by atoms with Crippen molar-refractivity contribution < 1.29 is 13.2 Å². The number of fused-ring (bicyclic) bond motifs is 1. The van der Waals surface area contributed by atoms with Gasteiger partial charge in [0, 0.05) is 55.2 Å². The van der Waals surface area contributed by atoms with E-state index in [0.29, 0.717) is 16.7 Å². The maximum absolute atomic E-state index is 11.8. The summed E-state index contributed by atoms with van der Waals surface area (Å²) in [4.78, 5) is 16.5. The molecule has 6 rings (SSSR count). The number of sulfone groups is 1. The predicted octanol–water partition coefficient (Wildman–Crippen LogP) is 4.43. The van der Waals surface area contributed by atoms with Gasteiger partial charge < -0.3 is 9.64 Å². The van der Waals surface area contributed by atoms with Crippen molar-refractivity contribution in [1.29, 1.82) is 0 Å². The van der Waals surface area contributed by atoms with Gasteiger partial charge in [0.25, 0.3) is 0 Å². The van der Waals surface area contributed by atoms with Crippen LogP contribution in [0.5, 0.6) is 5.75 Å². The molecule has 2 aliphatic heterocycles. The van der Waals surface area contributed by atoms with Crippen LogP contribution < -0.4 is 9.64 Å². The molecule has 1 saturated heterocycles. The van der Waals surface area contributed by atoms with Crippen LogP contribution in [0.25, 0.3) is 11.3 Å². The number of anilines is 1. The number of nitrogens with zero attached hydrogens (tertiary/aromatic N) is 4. The van der Waals surface area contributed by atoms with E-state index >= 15 is 0 Å². The highest BCUT2D eigenvalue weighted by atomic mass is 32.2. The molecule has 8 heteroatoms. The molecule has 3 aromatic rings. The minimum atomic E-state index is -3.22. The minimum Gasteiger partial charge on any atom is -0.485 e. The number of rotatable bonds is 5. The summed E-state index contributed by atoms with van der Waals surface area (Å²) in [5, 5.41) is 0. The van der Waals surface area contributed by atoms with E-state index in [1.54, 1.807) is 12.1 Å². The van der Waals surface area contributed by atoms with Crippen molar-refractivity contribution in [2.24, 2.45) is 5.92 Å². The van der Waals surface area contributed by atoms with E-state index in [4.69, 9.17) is 4.74 Å². The third kappa shape index (κ3) is 4.40. The average molecular weight is 491 g/mol. The lowest BCUT2D eigenvalue weighted by molar-refractivity contribution is 0.0347. The van der Waals surface area contributed by atoms with Gasteiger partial charge in [0.05, 0.1) is 16.8 Å². The van der Waals surface area contributed by atoms with Gasteiger partial charge in [-0.05, 0) is 62.3 Å². The Morgan fingerprint density at radius 2 is 1.66 bits per heavy atom. The largest absolute Gasteiger partial charge is 0.485 e. The highest BCUT2D eigenvalue weighted by Gasteiger charge is 2.43. The molecular formula is C27H30N4O3S. The molecule has 1 unspecified atom stereocenters. The summed E-state index contributed by atoms with van der Waals surface area (Å²) in [5.74, 6) is 2.81. The van der Waals surface area contributed by atoms with Crippen LogP contribution in [0.15, 0.2) is 53.8 Å². The Labute approximate surface area is 206 Å². The number of piperidine rings is 1. The van der Waals surface area contributed by atoms with E-state index < -0.39 is 9.84 Å². The summed E-state index contributed by atoms with van der Waals surface area (Å²) in [6, 6.07) is 8.99. The van der Waals surface area contributed by atoms with Crippen LogP contribution in [-0.4, -0.2) is 48.3 Å². The Kier molecular flexibility index (Phi) is 5.32.